The second-order valence-corrected chi connectivity index (χ2v) is 4.60. The Morgan fingerprint density at radius 3 is 2.83 bits per heavy atom. The number of hydrogen-bond acceptors (Lipinski definition) is 2. The van der Waals surface area contributed by atoms with Crippen LogP contribution in [0.5, 0.6) is 5.75 Å². The van der Waals surface area contributed by atoms with Crippen LogP contribution in [-0.2, 0) is 6.54 Å². The van der Waals surface area contributed by atoms with Gasteiger partial charge in [-0.1, -0.05) is 19.9 Å². The summed E-state index contributed by atoms with van der Waals surface area (Å²) in [5.41, 5.74) is 6.34. The van der Waals surface area contributed by atoms with Gasteiger partial charge in [-0.2, -0.15) is 0 Å². The summed E-state index contributed by atoms with van der Waals surface area (Å²) in [5, 5.41) is 12.0. The van der Waals surface area contributed by atoms with E-state index in [1.54, 1.807) is 6.07 Å². The van der Waals surface area contributed by atoms with Gasteiger partial charge in [0.05, 0.1) is 6.54 Å². The van der Waals surface area contributed by atoms with Crippen LogP contribution in [0.15, 0.2) is 23.2 Å². The molecular weight excluding hydrogens is 233 g/mol. The molecule has 0 unspecified atom stereocenters. The zero-order valence-electron chi connectivity index (χ0n) is 10.8. The summed E-state index contributed by atoms with van der Waals surface area (Å²) in [5.74, 6) is -0.0413. The number of nitrogens with zero attached hydrogens (tertiary/aromatic N) is 1. The molecule has 0 aliphatic carbocycles. The number of halogens is 1. The van der Waals surface area contributed by atoms with Crippen LogP contribution in [0, 0.1) is 11.7 Å². The topological polar surface area (TPSA) is 70.6 Å². The lowest BCUT2D eigenvalue weighted by Crippen LogP contribution is -2.32. The van der Waals surface area contributed by atoms with Crippen molar-refractivity contribution in [3.05, 3.63) is 29.6 Å². The molecule has 0 amide bonds. The van der Waals surface area contributed by atoms with Gasteiger partial charge in [0, 0.05) is 6.54 Å². The summed E-state index contributed by atoms with van der Waals surface area (Å²) in [7, 11) is 0. The second kappa shape index (κ2) is 6.83. The van der Waals surface area contributed by atoms with Crippen LogP contribution in [-0.4, -0.2) is 17.6 Å². The van der Waals surface area contributed by atoms with E-state index >= 15 is 0 Å². The molecule has 0 heterocycles. The maximum atomic E-state index is 13.0. The number of nitrogens with two attached hydrogens (primary N) is 1. The van der Waals surface area contributed by atoms with Crippen molar-refractivity contribution in [1.82, 2.24) is 5.32 Å². The minimum Gasteiger partial charge on any atom is -0.505 e. The molecule has 0 fully saturated rings. The zero-order chi connectivity index (χ0) is 13.5. The molecule has 18 heavy (non-hydrogen) atoms. The molecule has 0 aromatic heterocycles. The van der Waals surface area contributed by atoms with Gasteiger partial charge in [-0.05, 0) is 30.0 Å². The van der Waals surface area contributed by atoms with Crippen molar-refractivity contribution in [3.8, 4) is 5.75 Å². The molecule has 0 bridgehead atoms. The van der Waals surface area contributed by atoms with Crippen LogP contribution in [0.3, 0.4) is 0 Å². The minimum atomic E-state index is -0.644. The lowest BCUT2D eigenvalue weighted by Gasteiger charge is -2.07. The maximum absolute atomic E-state index is 13.0. The summed E-state index contributed by atoms with van der Waals surface area (Å²) < 4.78 is 13.0. The number of nitrogens with one attached hydrogen (secondary N) is 1. The molecular formula is C13H20FN3O. The van der Waals surface area contributed by atoms with Crippen LogP contribution in [0.1, 0.15) is 25.8 Å². The summed E-state index contributed by atoms with van der Waals surface area (Å²) in [6.07, 6.45) is 1.02. The molecule has 0 atom stereocenters. The van der Waals surface area contributed by atoms with Gasteiger partial charge in [0.2, 0.25) is 0 Å². The fourth-order valence-electron chi connectivity index (χ4n) is 1.37. The minimum absolute atomic E-state index is 0.289. The van der Waals surface area contributed by atoms with E-state index in [9.17, 15) is 4.39 Å². The van der Waals surface area contributed by atoms with E-state index in [2.05, 4.69) is 24.2 Å². The predicted molar refractivity (Wildman–Crippen MR) is 70.8 cm³/mol. The van der Waals surface area contributed by atoms with Crippen molar-refractivity contribution in [3.63, 3.8) is 0 Å². The van der Waals surface area contributed by atoms with Gasteiger partial charge in [-0.15, -0.1) is 0 Å². The number of benzene rings is 1. The Morgan fingerprint density at radius 2 is 2.22 bits per heavy atom. The number of guanidine groups is 1. The number of hydrogen-bond donors (Lipinski definition) is 3. The highest BCUT2D eigenvalue weighted by molar-refractivity contribution is 5.77. The molecule has 0 aliphatic heterocycles. The lowest BCUT2D eigenvalue weighted by atomic mass is 10.1. The molecule has 0 saturated heterocycles. The number of phenolic OH excluding ortho intramolecular Hbond substituents is 1. The molecule has 5 heteroatoms. The van der Waals surface area contributed by atoms with E-state index in [0.29, 0.717) is 17.4 Å². The molecule has 0 aliphatic rings. The summed E-state index contributed by atoms with van der Waals surface area (Å²) in [4.78, 5) is 4.10. The lowest BCUT2D eigenvalue weighted by molar-refractivity contribution is 0.432. The highest BCUT2D eigenvalue weighted by atomic mass is 19.1. The Bertz CT molecular complexity index is 419. The summed E-state index contributed by atoms with van der Waals surface area (Å²) >= 11 is 0. The first-order valence-electron chi connectivity index (χ1n) is 6.00. The van der Waals surface area contributed by atoms with Crippen LogP contribution in [0.4, 0.5) is 4.39 Å². The highest BCUT2D eigenvalue weighted by Gasteiger charge is 2.01. The second-order valence-electron chi connectivity index (χ2n) is 4.60. The molecule has 100 valence electrons. The molecule has 1 aromatic carbocycles. The maximum Gasteiger partial charge on any atom is 0.188 e. The van der Waals surface area contributed by atoms with Gasteiger partial charge >= 0.3 is 0 Å². The van der Waals surface area contributed by atoms with E-state index in [0.717, 1.165) is 13.0 Å². The first-order valence-corrected chi connectivity index (χ1v) is 6.00. The monoisotopic (exact) mass is 253 g/mol. The Hall–Kier alpha value is -1.78. The van der Waals surface area contributed by atoms with Crippen LogP contribution < -0.4 is 11.1 Å². The van der Waals surface area contributed by atoms with Crippen molar-refractivity contribution in [2.24, 2.45) is 16.6 Å². The van der Waals surface area contributed by atoms with Crippen molar-refractivity contribution in [2.45, 2.75) is 26.8 Å². The van der Waals surface area contributed by atoms with Gasteiger partial charge < -0.3 is 16.2 Å². The summed E-state index contributed by atoms with van der Waals surface area (Å²) in [6.45, 7) is 5.33. The smallest absolute Gasteiger partial charge is 0.188 e. The molecule has 4 nitrogen and oxygen atoms in total. The Labute approximate surface area is 107 Å². The van der Waals surface area contributed by atoms with Crippen LogP contribution in [0.2, 0.25) is 0 Å². The number of aromatic hydroxyl groups is 1. The van der Waals surface area contributed by atoms with Crippen LogP contribution >= 0.6 is 0 Å². The highest BCUT2D eigenvalue weighted by Crippen LogP contribution is 2.16. The van der Waals surface area contributed by atoms with Gasteiger partial charge in [0.15, 0.2) is 17.5 Å². The van der Waals surface area contributed by atoms with E-state index in [-0.39, 0.29) is 12.3 Å². The fraction of sp³-hybridized carbons (Fsp3) is 0.462. The van der Waals surface area contributed by atoms with E-state index < -0.39 is 5.82 Å². The number of rotatable bonds is 5. The average Bonchev–Trinajstić information content (AvgIpc) is 2.30. The molecule has 1 aromatic rings. The standard InChI is InChI=1S/C13H20FN3O/c1-9(2)5-6-16-13(15)17-8-10-3-4-12(18)11(14)7-10/h3-4,7,9,18H,5-6,8H2,1-2H3,(H3,15,16,17). The number of aliphatic imine (C=N–C) groups is 1. The Morgan fingerprint density at radius 1 is 1.50 bits per heavy atom. The molecule has 0 saturated carbocycles. The van der Waals surface area contributed by atoms with Crippen molar-refractivity contribution in [2.75, 3.05) is 6.54 Å². The molecule has 4 N–H and O–H groups in total. The van der Waals surface area contributed by atoms with Crippen molar-refractivity contribution in [1.29, 1.82) is 0 Å². The van der Waals surface area contributed by atoms with Crippen molar-refractivity contribution >= 4 is 5.96 Å². The summed E-state index contributed by atoms with van der Waals surface area (Å²) in [6, 6.07) is 4.17. The average molecular weight is 253 g/mol. The van der Waals surface area contributed by atoms with E-state index in [1.807, 2.05) is 0 Å². The third-order valence-electron chi connectivity index (χ3n) is 2.47. The Kier molecular flexibility index (Phi) is 5.42. The first-order chi connectivity index (χ1) is 8.49. The zero-order valence-corrected chi connectivity index (χ0v) is 10.8. The quantitative estimate of drug-likeness (QED) is 0.555. The van der Waals surface area contributed by atoms with Gasteiger partial charge in [-0.3, -0.25) is 0 Å². The van der Waals surface area contributed by atoms with Gasteiger partial charge in [0.25, 0.3) is 0 Å². The first kappa shape index (κ1) is 14.3. The molecule has 0 spiro atoms. The molecule has 1 rings (SSSR count). The third kappa shape index (κ3) is 5.03. The van der Waals surface area contributed by atoms with Crippen LogP contribution in [0.25, 0.3) is 0 Å². The Balaban J connectivity index is 2.44. The third-order valence-corrected chi connectivity index (χ3v) is 2.47. The normalized spacial score (nSPS) is 11.9. The van der Waals surface area contributed by atoms with Gasteiger partial charge in [-0.25, -0.2) is 9.38 Å². The van der Waals surface area contributed by atoms with E-state index in [4.69, 9.17) is 10.8 Å². The fourth-order valence-corrected chi connectivity index (χ4v) is 1.37. The van der Waals surface area contributed by atoms with Crippen molar-refractivity contribution < 1.29 is 9.50 Å². The van der Waals surface area contributed by atoms with E-state index in [1.165, 1.54) is 12.1 Å². The number of phenols is 1. The SMILES string of the molecule is CC(C)CCNC(N)=NCc1ccc(O)c(F)c1. The largest absolute Gasteiger partial charge is 0.505 e. The van der Waals surface area contributed by atoms with Gasteiger partial charge in [0.1, 0.15) is 0 Å². The predicted octanol–water partition coefficient (Wildman–Crippen LogP) is 1.98. The molecule has 0 radical (unpaired) electrons.